The SMILES string of the molecule is COCCNC(=O)[C@H]1CN(C(=O)CC(C)(C)C)C[C@H]1c1ccc(OC)cc1OC. The van der Waals surface area contributed by atoms with E-state index in [-0.39, 0.29) is 29.1 Å². The number of amides is 2. The van der Waals surface area contributed by atoms with Gasteiger partial charge in [-0.3, -0.25) is 9.59 Å². The summed E-state index contributed by atoms with van der Waals surface area (Å²) in [6, 6.07) is 5.60. The zero-order chi connectivity index (χ0) is 21.6. The maximum atomic E-state index is 12.9. The van der Waals surface area contributed by atoms with Gasteiger partial charge in [-0.05, 0) is 11.5 Å². The number of carbonyl (C=O) groups is 2. The lowest BCUT2D eigenvalue weighted by atomic mass is 9.87. The molecule has 1 aliphatic rings. The van der Waals surface area contributed by atoms with Crippen LogP contribution in [0, 0.1) is 11.3 Å². The van der Waals surface area contributed by atoms with Crippen molar-refractivity contribution >= 4 is 11.8 Å². The fraction of sp³-hybridized carbons (Fsp3) is 0.636. The Morgan fingerprint density at radius 1 is 1.14 bits per heavy atom. The van der Waals surface area contributed by atoms with E-state index in [4.69, 9.17) is 14.2 Å². The largest absolute Gasteiger partial charge is 0.497 e. The van der Waals surface area contributed by atoms with Gasteiger partial charge in [-0.15, -0.1) is 0 Å². The number of hydrogen-bond acceptors (Lipinski definition) is 5. The summed E-state index contributed by atoms with van der Waals surface area (Å²) < 4.78 is 15.9. The van der Waals surface area contributed by atoms with Crippen molar-refractivity contribution in [2.75, 3.05) is 47.6 Å². The molecule has 2 amide bonds. The Labute approximate surface area is 173 Å². The van der Waals surface area contributed by atoms with Crippen LogP contribution >= 0.6 is 0 Å². The maximum absolute atomic E-state index is 12.9. The van der Waals surface area contributed by atoms with Gasteiger partial charge in [-0.25, -0.2) is 0 Å². The summed E-state index contributed by atoms with van der Waals surface area (Å²) in [5.74, 6) is 0.845. The molecule has 1 aliphatic heterocycles. The Hall–Kier alpha value is -2.28. The number of nitrogens with one attached hydrogen (secondary N) is 1. The average Bonchev–Trinajstić information content (AvgIpc) is 3.11. The minimum atomic E-state index is -0.349. The first kappa shape index (κ1) is 23.0. The van der Waals surface area contributed by atoms with Crippen LogP contribution in [0.3, 0.4) is 0 Å². The quantitative estimate of drug-likeness (QED) is 0.671. The van der Waals surface area contributed by atoms with Gasteiger partial charge in [0.15, 0.2) is 0 Å². The minimum absolute atomic E-state index is 0.0715. The number of benzene rings is 1. The van der Waals surface area contributed by atoms with Crippen LogP contribution in [0.15, 0.2) is 18.2 Å². The number of carbonyl (C=O) groups excluding carboxylic acids is 2. The van der Waals surface area contributed by atoms with Gasteiger partial charge in [0.25, 0.3) is 0 Å². The summed E-state index contributed by atoms with van der Waals surface area (Å²) in [6.07, 6.45) is 0.442. The Balaban J connectivity index is 2.30. The Bertz CT molecular complexity index is 714. The molecule has 2 atom stereocenters. The fourth-order valence-corrected chi connectivity index (χ4v) is 3.69. The van der Waals surface area contributed by atoms with Crippen molar-refractivity contribution < 1.29 is 23.8 Å². The molecule has 0 spiro atoms. The second-order valence-electron chi connectivity index (χ2n) is 8.64. The molecule has 29 heavy (non-hydrogen) atoms. The second kappa shape index (κ2) is 9.96. The molecule has 0 bridgehead atoms. The molecule has 1 N–H and O–H groups in total. The van der Waals surface area contributed by atoms with Crippen molar-refractivity contribution in [3.05, 3.63) is 23.8 Å². The van der Waals surface area contributed by atoms with E-state index < -0.39 is 0 Å². The predicted molar refractivity (Wildman–Crippen MR) is 111 cm³/mol. The van der Waals surface area contributed by atoms with E-state index in [9.17, 15) is 9.59 Å². The Morgan fingerprint density at radius 2 is 1.86 bits per heavy atom. The third kappa shape index (κ3) is 6.10. The lowest BCUT2D eigenvalue weighted by Crippen LogP contribution is -2.37. The van der Waals surface area contributed by atoms with Crippen molar-refractivity contribution in [3.8, 4) is 11.5 Å². The first-order valence-electron chi connectivity index (χ1n) is 9.96. The third-order valence-corrected chi connectivity index (χ3v) is 5.14. The third-order valence-electron chi connectivity index (χ3n) is 5.14. The molecule has 7 nitrogen and oxygen atoms in total. The van der Waals surface area contributed by atoms with Crippen LogP contribution in [-0.2, 0) is 14.3 Å². The molecule has 0 aliphatic carbocycles. The molecule has 0 aromatic heterocycles. The number of hydrogen-bond donors (Lipinski definition) is 1. The summed E-state index contributed by atoms with van der Waals surface area (Å²) >= 11 is 0. The molecule has 1 aromatic rings. The summed E-state index contributed by atoms with van der Waals surface area (Å²) in [4.78, 5) is 27.6. The molecule has 2 rings (SSSR count). The Morgan fingerprint density at radius 3 is 2.45 bits per heavy atom. The Kier molecular flexibility index (Phi) is 7.90. The van der Waals surface area contributed by atoms with Gasteiger partial charge in [0.05, 0.1) is 26.7 Å². The van der Waals surface area contributed by atoms with Crippen molar-refractivity contribution in [1.82, 2.24) is 10.2 Å². The number of likely N-dealkylation sites (tertiary alicyclic amines) is 1. The highest BCUT2D eigenvalue weighted by Crippen LogP contribution is 2.40. The molecule has 0 radical (unpaired) electrons. The number of ether oxygens (including phenoxy) is 3. The lowest BCUT2D eigenvalue weighted by molar-refractivity contribution is -0.132. The highest BCUT2D eigenvalue weighted by Gasteiger charge is 2.41. The van der Waals surface area contributed by atoms with Crippen LogP contribution in [0.5, 0.6) is 11.5 Å². The van der Waals surface area contributed by atoms with E-state index in [1.165, 1.54) is 0 Å². The van der Waals surface area contributed by atoms with E-state index in [0.29, 0.717) is 44.2 Å². The van der Waals surface area contributed by atoms with E-state index in [1.807, 2.05) is 39.0 Å². The fourth-order valence-electron chi connectivity index (χ4n) is 3.69. The summed E-state index contributed by atoms with van der Waals surface area (Å²) in [5, 5.41) is 2.93. The van der Waals surface area contributed by atoms with E-state index >= 15 is 0 Å². The minimum Gasteiger partial charge on any atom is -0.497 e. The smallest absolute Gasteiger partial charge is 0.225 e. The number of nitrogens with zero attached hydrogens (tertiary/aromatic N) is 1. The molecule has 1 fully saturated rings. The first-order valence-corrected chi connectivity index (χ1v) is 9.96. The molecular formula is C22H34N2O5. The van der Waals surface area contributed by atoms with Crippen LogP contribution in [0.2, 0.25) is 0 Å². The van der Waals surface area contributed by atoms with Gasteiger partial charge >= 0.3 is 0 Å². The van der Waals surface area contributed by atoms with E-state index in [0.717, 1.165) is 5.56 Å². The molecule has 1 saturated heterocycles. The lowest BCUT2D eigenvalue weighted by Gasteiger charge is -2.23. The van der Waals surface area contributed by atoms with Crippen LogP contribution in [0.4, 0.5) is 0 Å². The number of rotatable bonds is 8. The monoisotopic (exact) mass is 406 g/mol. The summed E-state index contributed by atoms with van der Waals surface area (Å²) in [5.41, 5.74) is 0.801. The maximum Gasteiger partial charge on any atom is 0.225 e. The van der Waals surface area contributed by atoms with E-state index in [1.54, 1.807) is 26.2 Å². The van der Waals surface area contributed by atoms with Crippen LogP contribution < -0.4 is 14.8 Å². The normalized spacial score (nSPS) is 19.2. The molecule has 1 heterocycles. The molecule has 0 saturated carbocycles. The van der Waals surface area contributed by atoms with Crippen molar-refractivity contribution in [2.24, 2.45) is 11.3 Å². The van der Waals surface area contributed by atoms with Crippen LogP contribution in [0.1, 0.15) is 38.7 Å². The van der Waals surface area contributed by atoms with Crippen molar-refractivity contribution in [3.63, 3.8) is 0 Å². The van der Waals surface area contributed by atoms with Gasteiger partial charge in [0, 0.05) is 50.7 Å². The molecule has 162 valence electrons. The number of methoxy groups -OCH3 is 3. The summed E-state index contributed by atoms with van der Waals surface area (Å²) in [6.45, 7) is 7.89. The van der Waals surface area contributed by atoms with Gasteiger partial charge in [0.2, 0.25) is 11.8 Å². The second-order valence-corrected chi connectivity index (χ2v) is 8.64. The zero-order valence-corrected chi connectivity index (χ0v) is 18.4. The average molecular weight is 407 g/mol. The van der Waals surface area contributed by atoms with Crippen molar-refractivity contribution in [2.45, 2.75) is 33.1 Å². The highest BCUT2D eigenvalue weighted by molar-refractivity contribution is 5.83. The van der Waals surface area contributed by atoms with Gasteiger partial charge in [-0.1, -0.05) is 26.8 Å². The highest BCUT2D eigenvalue weighted by atomic mass is 16.5. The molecule has 7 heteroatoms. The predicted octanol–water partition coefficient (Wildman–Crippen LogP) is 2.44. The molecule has 1 aromatic carbocycles. The van der Waals surface area contributed by atoms with E-state index in [2.05, 4.69) is 5.32 Å². The topological polar surface area (TPSA) is 77.1 Å². The zero-order valence-electron chi connectivity index (χ0n) is 18.4. The first-order chi connectivity index (χ1) is 13.7. The summed E-state index contributed by atoms with van der Waals surface area (Å²) in [7, 11) is 4.80. The molecule has 0 unspecified atom stereocenters. The molecular weight excluding hydrogens is 372 g/mol. The van der Waals surface area contributed by atoms with Gasteiger partial charge < -0.3 is 24.4 Å². The van der Waals surface area contributed by atoms with Gasteiger partial charge in [-0.2, -0.15) is 0 Å². The van der Waals surface area contributed by atoms with Crippen molar-refractivity contribution in [1.29, 1.82) is 0 Å². The van der Waals surface area contributed by atoms with Crippen LogP contribution in [0.25, 0.3) is 0 Å². The standard InChI is InChI=1S/C22H34N2O5/c1-22(2,3)12-20(25)24-13-17(18(14-24)21(26)23-9-10-27-4)16-8-7-15(28-5)11-19(16)29-6/h7-8,11,17-18H,9-10,12-14H2,1-6H3,(H,23,26)/t17-,18-/m0/s1. The van der Waals surface area contributed by atoms with Crippen LogP contribution in [-0.4, -0.2) is 64.3 Å². The van der Waals surface area contributed by atoms with Gasteiger partial charge in [0.1, 0.15) is 11.5 Å².